The molecule has 0 radical (unpaired) electrons. The van der Waals surface area contributed by atoms with E-state index in [4.69, 9.17) is 4.74 Å². The van der Waals surface area contributed by atoms with Gasteiger partial charge in [0.15, 0.2) is 0 Å². The van der Waals surface area contributed by atoms with Gasteiger partial charge >= 0.3 is 0 Å². The number of piperazine rings is 1. The number of carbonyl (C=O) groups excluding carboxylic acids is 1. The van der Waals surface area contributed by atoms with Crippen LogP contribution in [0.25, 0.3) is 5.78 Å². The van der Waals surface area contributed by atoms with Gasteiger partial charge in [-0.1, -0.05) is 0 Å². The second-order valence-electron chi connectivity index (χ2n) is 6.65. The van der Waals surface area contributed by atoms with Gasteiger partial charge in [-0.25, -0.2) is 0 Å². The number of hydrogen-bond acceptors (Lipinski definition) is 6. The second-order valence-corrected chi connectivity index (χ2v) is 6.65. The van der Waals surface area contributed by atoms with Crippen molar-refractivity contribution in [3.05, 3.63) is 47.4 Å². The summed E-state index contributed by atoms with van der Waals surface area (Å²) in [5.41, 5.74) is 1.73. The molecule has 2 aromatic heterocycles. The number of rotatable bonds is 3. The van der Waals surface area contributed by atoms with Crippen molar-refractivity contribution < 1.29 is 9.53 Å². The van der Waals surface area contributed by atoms with Crippen molar-refractivity contribution in [1.29, 1.82) is 0 Å². The number of benzene rings is 1. The standard InChI is InChI=1S/C19H22N6O2/c1-13-12-17(20-19-22-21-14(2)25(13)19)23-8-10-24(11-9-23)18(26)15-4-6-16(27-3)7-5-15/h4-7,12H,8-11H2,1-3H3. The molecule has 140 valence electrons. The molecular weight excluding hydrogens is 344 g/mol. The van der Waals surface area contributed by atoms with Crippen LogP contribution in [0.1, 0.15) is 21.9 Å². The average Bonchev–Trinajstić information content (AvgIpc) is 3.09. The van der Waals surface area contributed by atoms with Gasteiger partial charge in [0.2, 0.25) is 0 Å². The van der Waals surface area contributed by atoms with Crippen molar-refractivity contribution in [2.75, 3.05) is 38.2 Å². The summed E-state index contributed by atoms with van der Waals surface area (Å²) in [5.74, 6) is 3.11. The van der Waals surface area contributed by atoms with E-state index in [0.29, 0.717) is 24.4 Å². The van der Waals surface area contributed by atoms with Gasteiger partial charge in [0.25, 0.3) is 11.7 Å². The molecule has 0 unspecified atom stereocenters. The van der Waals surface area contributed by atoms with Crippen molar-refractivity contribution >= 4 is 17.5 Å². The number of fused-ring (bicyclic) bond motifs is 1. The first kappa shape index (κ1) is 17.3. The molecule has 4 rings (SSSR count). The summed E-state index contributed by atoms with van der Waals surface area (Å²) in [7, 11) is 1.62. The van der Waals surface area contributed by atoms with Crippen LogP contribution in [0.4, 0.5) is 5.82 Å². The molecule has 1 aromatic carbocycles. The van der Waals surface area contributed by atoms with Crippen LogP contribution in [0.15, 0.2) is 30.3 Å². The number of anilines is 1. The third-order valence-electron chi connectivity index (χ3n) is 4.94. The summed E-state index contributed by atoms with van der Waals surface area (Å²) < 4.78 is 7.09. The molecule has 27 heavy (non-hydrogen) atoms. The fraction of sp³-hybridized carbons (Fsp3) is 0.368. The van der Waals surface area contributed by atoms with E-state index in [1.165, 1.54) is 0 Å². The van der Waals surface area contributed by atoms with E-state index in [2.05, 4.69) is 20.1 Å². The van der Waals surface area contributed by atoms with Crippen LogP contribution in [0.3, 0.4) is 0 Å². The minimum atomic E-state index is 0.0463. The van der Waals surface area contributed by atoms with E-state index >= 15 is 0 Å². The maximum atomic E-state index is 12.7. The SMILES string of the molecule is COc1ccc(C(=O)N2CCN(c3cc(C)n4c(C)nnc4n3)CC2)cc1. The molecule has 1 saturated heterocycles. The second kappa shape index (κ2) is 6.86. The van der Waals surface area contributed by atoms with Gasteiger partial charge in [0.05, 0.1) is 7.11 Å². The van der Waals surface area contributed by atoms with Crippen LogP contribution in [0.2, 0.25) is 0 Å². The highest BCUT2D eigenvalue weighted by molar-refractivity contribution is 5.94. The topological polar surface area (TPSA) is 75.9 Å². The maximum Gasteiger partial charge on any atom is 0.257 e. The van der Waals surface area contributed by atoms with Gasteiger partial charge in [-0.2, -0.15) is 4.98 Å². The number of aromatic nitrogens is 4. The smallest absolute Gasteiger partial charge is 0.257 e. The first-order valence-corrected chi connectivity index (χ1v) is 8.94. The van der Waals surface area contributed by atoms with Crippen LogP contribution in [-0.2, 0) is 0 Å². The Kier molecular flexibility index (Phi) is 4.39. The number of hydrogen-bond donors (Lipinski definition) is 0. The Labute approximate surface area is 157 Å². The summed E-state index contributed by atoms with van der Waals surface area (Å²) in [6.45, 7) is 6.72. The van der Waals surface area contributed by atoms with Crippen LogP contribution in [-0.4, -0.2) is 63.7 Å². The van der Waals surface area contributed by atoms with Crippen LogP contribution in [0, 0.1) is 13.8 Å². The number of methoxy groups -OCH3 is 1. The monoisotopic (exact) mass is 366 g/mol. The van der Waals surface area contributed by atoms with Gasteiger partial charge in [0, 0.05) is 43.5 Å². The molecule has 1 aliphatic rings. The van der Waals surface area contributed by atoms with Crippen LogP contribution < -0.4 is 9.64 Å². The fourth-order valence-electron chi connectivity index (χ4n) is 3.44. The van der Waals surface area contributed by atoms with E-state index < -0.39 is 0 Å². The summed E-state index contributed by atoms with van der Waals surface area (Å²) >= 11 is 0. The van der Waals surface area contributed by atoms with Crippen molar-refractivity contribution in [1.82, 2.24) is 24.5 Å². The minimum Gasteiger partial charge on any atom is -0.497 e. The lowest BCUT2D eigenvalue weighted by atomic mass is 10.1. The predicted octanol–water partition coefficient (Wildman–Crippen LogP) is 1.71. The van der Waals surface area contributed by atoms with E-state index in [0.717, 1.165) is 36.2 Å². The number of nitrogens with zero attached hydrogens (tertiary/aromatic N) is 6. The molecule has 0 spiro atoms. The number of ether oxygens (including phenoxy) is 1. The Morgan fingerprint density at radius 1 is 1.04 bits per heavy atom. The number of carbonyl (C=O) groups is 1. The molecule has 0 aliphatic carbocycles. The van der Waals surface area contributed by atoms with Gasteiger partial charge in [-0.3, -0.25) is 9.20 Å². The molecule has 0 N–H and O–H groups in total. The largest absolute Gasteiger partial charge is 0.497 e. The highest BCUT2D eigenvalue weighted by atomic mass is 16.5. The number of amides is 1. The predicted molar refractivity (Wildman–Crippen MR) is 101 cm³/mol. The summed E-state index contributed by atoms with van der Waals surface area (Å²) in [4.78, 5) is 21.4. The summed E-state index contributed by atoms with van der Waals surface area (Å²) in [6, 6.07) is 9.28. The quantitative estimate of drug-likeness (QED) is 0.702. The van der Waals surface area contributed by atoms with Crippen molar-refractivity contribution in [2.24, 2.45) is 0 Å². The molecular formula is C19H22N6O2. The van der Waals surface area contributed by atoms with E-state index in [1.807, 2.05) is 41.3 Å². The minimum absolute atomic E-state index is 0.0463. The lowest BCUT2D eigenvalue weighted by molar-refractivity contribution is 0.0746. The molecule has 3 aromatic rings. The molecule has 8 heteroatoms. The first-order valence-electron chi connectivity index (χ1n) is 8.94. The van der Waals surface area contributed by atoms with Gasteiger partial charge in [-0.05, 0) is 38.1 Å². The third-order valence-corrected chi connectivity index (χ3v) is 4.94. The lowest BCUT2D eigenvalue weighted by Gasteiger charge is -2.35. The molecule has 0 atom stereocenters. The average molecular weight is 366 g/mol. The molecule has 3 heterocycles. The zero-order chi connectivity index (χ0) is 19.0. The third kappa shape index (κ3) is 3.18. The fourth-order valence-corrected chi connectivity index (χ4v) is 3.44. The zero-order valence-corrected chi connectivity index (χ0v) is 15.7. The summed E-state index contributed by atoms with van der Waals surface area (Å²) in [5, 5.41) is 8.23. The number of aryl methyl sites for hydroxylation is 2. The molecule has 1 aliphatic heterocycles. The highest BCUT2D eigenvalue weighted by Crippen LogP contribution is 2.19. The Hall–Kier alpha value is -3.16. The van der Waals surface area contributed by atoms with Crippen LogP contribution >= 0.6 is 0 Å². The molecule has 8 nitrogen and oxygen atoms in total. The zero-order valence-electron chi connectivity index (χ0n) is 15.7. The molecule has 0 saturated carbocycles. The van der Waals surface area contributed by atoms with Gasteiger partial charge in [0.1, 0.15) is 17.4 Å². The Morgan fingerprint density at radius 2 is 1.74 bits per heavy atom. The van der Waals surface area contributed by atoms with Crippen LogP contribution in [0.5, 0.6) is 5.75 Å². The van der Waals surface area contributed by atoms with E-state index in [9.17, 15) is 4.79 Å². The van der Waals surface area contributed by atoms with Crippen molar-refractivity contribution in [2.45, 2.75) is 13.8 Å². The van der Waals surface area contributed by atoms with Crippen molar-refractivity contribution in [3.8, 4) is 5.75 Å². The molecule has 1 amide bonds. The van der Waals surface area contributed by atoms with Crippen molar-refractivity contribution in [3.63, 3.8) is 0 Å². The molecule has 1 fully saturated rings. The Balaban J connectivity index is 1.46. The Bertz CT molecular complexity index is 974. The summed E-state index contributed by atoms with van der Waals surface area (Å²) in [6.07, 6.45) is 0. The maximum absolute atomic E-state index is 12.7. The molecule has 0 bridgehead atoms. The highest BCUT2D eigenvalue weighted by Gasteiger charge is 2.23. The lowest BCUT2D eigenvalue weighted by Crippen LogP contribution is -2.49. The van der Waals surface area contributed by atoms with E-state index in [-0.39, 0.29) is 5.91 Å². The van der Waals surface area contributed by atoms with Gasteiger partial charge in [-0.15, -0.1) is 10.2 Å². The normalized spacial score (nSPS) is 14.6. The van der Waals surface area contributed by atoms with Gasteiger partial charge < -0.3 is 14.5 Å². The van der Waals surface area contributed by atoms with E-state index in [1.54, 1.807) is 19.2 Å². The first-order chi connectivity index (χ1) is 13.1. The Morgan fingerprint density at radius 3 is 2.41 bits per heavy atom.